The Morgan fingerprint density at radius 3 is 2.76 bits per heavy atom. The third kappa shape index (κ3) is 6.32. The molecule has 0 aliphatic rings. The largest absolute Gasteiger partial charge is 0.492 e. The fraction of sp³-hybridized carbons (Fsp3) is 0.600. The summed E-state index contributed by atoms with van der Waals surface area (Å²) in [4.78, 5) is 0. The van der Waals surface area contributed by atoms with Crippen molar-refractivity contribution < 1.29 is 4.74 Å². The highest BCUT2D eigenvalue weighted by atomic mass is 16.5. The molecular weight excluding hydrogens is 210 g/mol. The van der Waals surface area contributed by atoms with Gasteiger partial charge >= 0.3 is 0 Å². The lowest BCUT2D eigenvalue weighted by Gasteiger charge is -2.09. The van der Waals surface area contributed by atoms with Crippen LogP contribution in [0.1, 0.15) is 32.8 Å². The van der Waals surface area contributed by atoms with Gasteiger partial charge in [0.2, 0.25) is 0 Å². The van der Waals surface area contributed by atoms with Crippen LogP contribution in [0.4, 0.5) is 0 Å². The molecule has 0 aromatic heterocycles. The lowest BCUT2D eigenvalue weighted by atomic mass is 10.1. The van der Waals surface area contributed by atoms with E-state index in [1.807, 2.05) is 6.07 Å². The minimum absolute atomic E-state index is 0.741. The van der Waals surface area contributed by atoms with E-state index in [0.29, 0.717) is 0 Å². The van der Waals surface area contributed by atoms with E-state index in [0.717, 1.165) is 37.8 Å². The molecule has 0 saturated carbocycles. The summed E-state index contributed by atoms with van der Waals surface area (Å²) in [5, 5.41) is 3.39. The van der Waals surface area contributed by atoms with Crippen molar-refractivity contribution in [2.45, 2.75) is 33.6 Å². The van der Waals surface area contributed by atoms with E-state index in [9.17, 15) is 0 Å². The predicted octanol–water partition coefficient (Wildman–Crippen LogP) is 3.26. The van der Waals surface area contributed by atoms with Crippen LogP contribution in [-0.2, 0) is 6.42 Å². The summed E-state index contributed by atoms with van der Waals surface area (Å²) in [6.07, 6.45) is 2.29. The highest BCUT2D eigenvalue weighted by Gasteiger charge is 1.96. The molecule has 0 amide bonds. The summed E-state index contributed by atoms with van der Waals surface area (Å²) in [6.45, 7) is 9.39. The van der Waals surface area contributed by atoms with Crippen LogP contribution in [0.5, 0.6) is 5.75 Å². The van der Waals surface area contributed by atoms with Crippen LogP contribution >= 0.6 is 0 Å². The van der Waals surface area contributed by atoms with Crippen LogP contribution in [0.2, 0.25) is 0 Å². The van der Waals surface area contributed by atoms with Crippen molar-refractivity contribution in [1.82, 2.24) is 5.32 Å². The van der Waals surface area contributed by atoms with Crippen LogP contribution in [0.3, 0.4) is 0 Å². The van der Waals surface area contributed by atoms with Crippen molar-refractivity contribution in [3.05, 3.63) is 29.8 Å². The molecule has 1 rings (SSSR count). The molecule has 0 fully saturated rings. The van der Waals surface area contributed by atoms with E-state index in [-0.39, 0.29) is 0 Å². The van der Waals surface area contributed by atoms with Gasteiger partial charge in [0, 0.05) is 6.54 Å². The summed E-state index contributed by atoms with van der Waals surface area (Å²) in [5.74, 6) is 1.75. The topological polar surface area (TPSA) is 21.3 Å². The summed E-state index contributed by atoms with van der Waals surface area (Å²) in [6, 6.07) is 8.33. The van der Waals surface area contributed by atoms with Gasteiger partial charge in [-0.1, -0.05) is 32.9 Å². The van der Waals surface area contributed by atoms with E-state index < -0.39 is 0 Å². The molecule has 0 aliphatic carbocycles. The van der Waals surface area contributed by atoms with Gasteiger partial charge < -0.3 is 10.1 Å². The second kappa shape index (κ2) is 8.13. The smallest absolute Gasteiger partial charge is 0.119 e. The van der Waals surface area contributed by atoms with E-state index in [1.54, 1.807) is 0 Å². The third-order valence-corrected chi connectivity index (χ3v) is 2.75. The number of nitrogens with one attached hydrogen (secondary N) is 1. The summed E-state index contributed by atoms with van der Waals surface area (Å²) in [5.41, 5.74) is 1.33. The average Bonchev–Trinajstić information content (AvgIpc) is 2.33. The Bertz CT molecular complexity index is 310. The van der Waals surface area contributed by atoms with Gasteiger partial charge in [-0.05, 0) is 43.0 Å². The quantitative estimate of drug-likeness (QED) is 0.698. The summed E-state index contributed by atoms with van der Waals surface area (Å²) in [7, 11) is 0. The summed E-state index contributed by atoms with van der Waals surface area (Å²) < 4.78 is 5.69. The maximum atomic E-state index is 5.69. The van der Waals surface area contributed by atoms with Crippen molar-refractivity contribution in [2.75, 3.05) is 19.7 Å². The average molecular weight is 235 g/mol. The maximum absolute atomic E-state index is 5.69. The van der Waals surface area contributed by atoms with Crippen LogP contribution in [0.25, 0.3) is 0 Å². The molecule has 1 aromatic rings. The lowest BCUT2D eigenvalue weighted by molar-refractivity contribution is 0.312. The number of benzene rings is 1. The second-order valence-electron chi connectivity index (χ2n) is 4.78. The molecule has 0 radical (unpaired) electrons. The molecule has 0 spiro atoms. The molecule has 2 nitrogen and oxygen atoms in total. The normalized spacial score (nSPS) is 10.8. The van der Waals surface area contributed by atoms with E-state index in [4.69, 9.17) is 4.74 Å². The zero-order valence-electron chi connectivity index (χ0n) is 11.3. The molecule has 0 bridgehead atoms. The molecular formula is C15H25NO. The van der Waals surface area contributed by atoms with Crippen LogP contribution in [0.15, 0.2) is 24.3 Å². The molecule has 0 saturated heterocycles. The van der Waals surface area contributed by atoms with Gasteiger partial charge in [-0.2, -0.15) is 0 Å². The molecule has 0 aliphatic heterocycles. The Labute approximate surface area is 105 Å². The highest BCUT2D eigenvalue weighted by Crippen LogP contribution is 2.13. The molecule has 1 aromatic carbocycles. The number of aryl methyl sites for hydroxylation is 1. The van der Waals surface area contributed by atoms with Gasteiger partial charge in [0.15, 0.2) is 0 Å². The first-order valence-electron chi connectivity index (χ1n) is 6.64. The summed E-state index contributed by atoms with van der Waals surface area (Å²) >= 11 is 0. The first-order valence-corrected chi connectivity index (χ1v) is 6.64. The fourth-order valence-electron chi connectivity index (χ4n) is 1.61. The van der Waals surface area contributed by atoms with Gasteiger partial charge in [0.1, 0.15) is 12.4 Å². The van der Waals surface area contributed by atoms with E-state index in [2.05, 4.69) is 44.3 Å². The maximum Gasteiger partial charge on any atom is 0.119 e. The number of hydrogen-bond acceptors (Lipinski definition) is 2. The fourth-order valence-corrected chi connectivity index (χ4v) is 1.61. The Kier molecular flexibility index (Phi) is 6.71. The van der Waals surface area contributed by atoms with Crippen molar-refractivity contribution in [3.8, 4) is 5.75 Å². The van der Waals surface area contributed by atoms with E-state index in [1.165, 1.54) is 12.0 Å². The van der Waals surface area contributed by atoms with Gasteiger partial charge in [0.05, 0.1) is 0 Å². The number of hydrogen-bond donors (Lipinski definition) is 1. The highest BCUT2D eigenvalue weighted by molar-refractivity contribution is 5.28. The Hall–Kier alpha value is -1.02. The van der Waals surface area contributed by atoms with Crippen molar-refractivity contribution >= 4 is 0 Å². The van der Waals surface area contributed by atoms with Crippen LogP contribution in [-0.4, -0.2) is 19.7 Å². The molecule has 1 N–H and O–H groups in total. The molecule has 0 heterocycles. The van der Waals surface area contributed by atoms with Gasteiger partial charge in [-0.25, -0.2) is 0 Å². The first-order chi connectivity index (χ1) is 8.22. The monoisotopic (exact) mass is 235 g/mol. The zero-order valence-corrected chi connectivity index (χ0v) is 11.3. The standard InChI is InChI=1S/C15H25NO/c1-4-14-6-5-7-15(12-14)17-11-10-16-9-8-13(2)3/h5-7,12-13,16H,4,8-11H2,1-3H3. The van der Waals surface area contributed by atoms with Crippen LogP contribution < -0.4 is 10.1 Å². The van der Waals surface area contributed by atoms with Crippen molar-refractivity contribution in [2.24, 2.45) is 5.92 Å². The van der Waals surface area contributed by atoms with Crippen molar-refractivity contribution in [1.29, 1.82) is 0 Å². The Morgan fingerprint density at radius 1 is 1.24 bits per heavy atom. The SMILES string of the molecule is CCc1cccc(OCCNCCC(C)C)c1. The van der Waals surface area contributed by atoms with Gasteiger partial charge in [0.25, 0.3) is 0 Å². The molecule has 2 heteroatoms. The minimum Gasteiger partial charge on any atom is -0.492 e. The Balaban J connectivity index is 2.13. The lowest BCUT2D eigenvalue weighted by Crippen LogP contribution is -2.23. The first kappa shape index (κ1) is 14.0. The zero-order chi connectivity index (χ0) is 12.5. The third-order valence-electron chi connectivity index (χ3n) is 2.75. The van der Waals surface area contributed by atoms with Crippen LogP contribution in [0, 0.1) is 5.92 Å². The minimum atomic E-state index is 0.741. The number of ether oxygens (including phenoxy) is 1. The molecule has 0 atom stereocenters. The Morgan fingerprint density at radius 2 is 2.06 bits per heavy atom. The molecule has 0 unspecified atom stereocenters. The second-order valence-corrected chi connectivity index (χ2v) is 4.78. The number of rotatable bonds is 8. The van der Waals surface area contributed by atoms with Crippen molar-refractivity contribution in [3.63, 3.8) is 0 Å². The van der Waals surface area contributed by atoms with E-state index >= 15 is 0 Å². The van der Waals surface area contributed by atoms with Gasteiger partial charge in [-0.15, -0.1) is 0 Å². The predicted molar refractivity (Wildman–Crippen MR) is 73.6 cm³/mol. The van der Waals surface area contributed by atoms with Gasteiger partial charge in [-0.3, -0.25) is 0 Å². The molecule has 96 valence electrons. The molecule has 17 heavy (non-hydrogen) atoms.